The lowest BCUT2D eigenvalue weighted by molar-refractivity contribution is -0.130. The van der Waals surface area contributed by atoms with Gasteiger partial charge in [-0.3, -0.25) is 4.79 Å². The molecule has 1 amide bonds. The molecule has 1 rings (SSSR count). The summed E-state index contributed by atoms with van der Waals surface area (Å²) in [5, 5.41) is -1.04. The summed E-state index contributed by atoms with van der Waals surface area (Å²) in [7, 11) is -3.39. The van der Waals surface area contributed by atoms with Crippen molar-refractivity contribution >= 4 is 15.7 Å². The van der Waals surface area contributed by atoms with E-state index >= 15 is 0 Å². The van der Waals surface area contributed by atoms with Gasteiger partial charge in [0.25, 0.3) is 0 Å². The summed E-state index contributed by atoms with van der Waals surface area (Å²) >= 11 is 0. The smallest absolute Gasteiger partial charge is 0.240 e. The predicted octanol–water partition coefficient (Wildman–Crippen LogP) is 0.407. The van der Waals surface area contributed by atoms with Gasteiger partial charge in [0.2, 0.25) is 5.91 Å². The van der Waals surface area contributed by atoms with Crippen LogP contribution in [0.2, 0.25) is 0 Å². The molecular weight excluding hydrogens is 264 g/mol. The van der Waals surface area contributed by atoms with E-state index in [1.54, 1.807) is 0 Å². The summed E-state index contributed by atoms with van der Waals surface area (Å²) in [5.74, 6) is -0.406. The first-order valence-corrected chi connectivity index (χ1v) is 8.03. The van der Waals surface area contributed by atoms with Crippen LogP contribution in [0.4, 0.5) is 0 Å². The van der Waals surface area contributed by atoms with E-state index < -0.39 is 21.0 Å². The Hall–Kier alpha value is -1.40. The Morgan fingerprint density at radius 2 is 1.89 bits per heavy atom. The molecule has 0 radical (unpaired) electrons. The third-order valence-electron chi connectivity index (χ3n) is 2.92. The minimum Gasteiger partial charge on any atom is -0.336 e. The van der Waals surface area contributed by atoms with Gasteiger partial charge in [0.15, 0.2) is 9.84 Å². The second-order valence-electron chi connectivity index (χ2n) is 4.51. The lowest BCUT2D eigenvalue weighted by Gasteiger charge is -2.24. The molecule has 0 heterocycles. The van der Waals surface area contributed by atoms with Crippen LogP contribution in [-0.2, 0) is 21.2 Å². The number of carbonyl (C=O) groups excluding carboxylic acids is 1. The van der Waals surface area contributed by atoms with Crippen molar-refractivity contribution in [1.82, 2.24) is 4.90 Å². The Balaban J connectivity index is 2.86. The van der Waals surface area contributed by atoms with Crippen molar-refractivity contribution in [3.05, 3.63) is 35.9 Å². The van der Waals surface area contributed by atoms with Crippen LogP contribution in [0.3, 0.4) is 0 Å². The number of carbonyl (C=O) groups is 1. The third-order valence-corrected chi connectivity index (χ3v) is 4.40. The summed E-state index contributed by atoms with van der Waals surface area (Å²) in [4.78, 5) is 13.7. The maximum Gasteiger partial charge on any atom is 0.240 e. The Labute approximate surface area is 114 Å². The first-order valence-electron chi connectivity index (χ1n) is 6.08. The molecule has 1 unspecified atom stereocenters. The topological polar surface area (TPSA) is 80.5 Å². The van der Waals surface area contributed by atoms with Gasteiger partial charge in [0, 0.05) is 25.9 Å². The molecule has 0 aliphatic rings. The van der Waals surface area contributed by atoms with Crippen molar-refractivity contribution < 1.29 is 13.2 Å². The molecule has 1 aromatic rings. The van der Waals surface area contributed by atoms with Crippen molar-refractivity contribution in [3.63, 3.8) is 0 Å². The lowest BCUT2D eigenvalue weighted by atomic mass is 10.2. The van der Waals surface area contributed by atoms with E-state index in [2.05, 4.69) is 0 Å². The molecule has 0 bridgehead atoms. The molecule has 0 fully saturated rings. The average molecular weight is 284 g/mol. The van der Waals surface area contributed by atoms with E-state index in [0.717, 1.165) is 11.8 Å². The van der Waals surface area contributed by atoms with E-state index in [0.29, 0.717) is 19.6 Å². The highest BCUT2D eigenvalue weighted by atomic mass is 32.2. The number of benzene rings is 1. The molecule has 0 aromatic heterocycles. The lowest BCUT2D eigenvalue weighted by Crippen LogP contribution is -2.43. The van der Waals surface area contributed by atoms with Gasteiger partial charge in [-0.1, -0.05) is 30.3 Å². The molecular formula is C13H20N2O3S. The molecule has 0 spiro atoms. The fourth-order valence-electron chi connectivity index (χ4n) is 1.67. The molecule has 1 aromatic carbocycles. The molecule has 19 heavy (non-hydrogen) atoms. The average Bonchev–Trinajstić information content (AvgIpc) is 2.36. The summed E-state index contributed by atoms with van der Waals surface area (Å²) in [6.07, 6.45) is 1.07. The van der Waals surface area contributed by atoms with Crippen LogP contribution in [0.15, 0.2) is 30.3 Å². The van der Waals surface area contributed by atoms with Gasteiger partial charge in [-0.05, 0) is 12.5 Å². The van der Waals surface area contributed by atoms with Gasteiger partial charge in [-0.25, -0.2) is 8.42 Å². The zero-order valence-corrected chi connectivity index (χ0v) is 12.1. The van der Waals surface area contributed by atoms with E-state index in [1.807, 2.05) is 30.3 Å². The normalized spacial score (nSPS) is 13.0. The highest BCUT2D eigenvalue weighted by Crippen LogP contribution is 2.09. The van der Waals surface area contributed by atoms with Crippen molar-refractivity contribution in [3.8, 4) is 0 Å². The number of amides is 1. The largest absolute Gasteiger partial charge is 0.336 e. The second-order valence-corrected chi connectivity index (χ2v) is 6.87. The number of nitrogens with two attached hydrogens (primary N) is 1. The van der Waals surface area contributed by atoms with E-state index in [4.69, 9.17) is 5.73 Å². The molecule has 0 saturated carbocycles. The minimum atomic E-state index is -3.39. The van der Waals surface area contributed by atoms with Crippen LogP contribution < -0.4 is 5.73 Å². The highest BCUT2D eigenvalue weighted by molar-refractivity contribution is 7.92. The van der Waals surface area contributed by atoms with E-state index in [9.17, 15) is 13.2 Å². The van der Waals surface area contributed by atoms with Gasteiger partial charge in [0.05, 0.1) is 0 Å². The number of hydrogen-bond acceptors (Lipinski definition) is 4. The van der Waals surface area contributed by atoms with Crippen LogP contribution >= 0.6 is 0 Å². The van der Waals surface area contributed by atoms with Crippen LogP contribution in [0, 0.1) is 0 Å². The van der Waals surface area contributed by atoms with Crippen molar-refractivity contribution in [1.29, 1.82) is 0 Å². The fraction of sp³-hybridized carbons (Fsp3) is 0.462. The summed E-state index contributed by atoms with van der Waals surface area (Å²) in [5.41, 5.74) is 6.44. The molecule has 2 N–H and O–H groups in total. The Bertz CT molecular complexity index is 514. The quantitative estimate of drug-likeness (QED) is 0.820. The molecule has 1 atom stereocenters. The number of rotatable bonds is 6. The van der Waals surface area contributed by atoms with Gasteiger partial charge in [-0.2, -0.15) is 0 Å². The molecule has 0 saturated heterocycles. The third kappa shape index (κ3) is 4.65. The van der Waals surface area contributed by atoms with Crippen LogP contribution in [0.1, 0.15) is 12.5 Å². The second kappa shape index (κ2) is 6.68. The molecule has 106 valence electrons. The molecule has 6 heteroatoms. The minimum absolute atomic E-state index is 0.301. The SMILES string of the molecule is CC(C(=O)N(CCN)Cc1ccccc1)S(C)(=O)=O. The summed E-state index contributed by atoms with van der Waals surface area (Å²) in [6.45, 7) is 2.42. The van der Waals surface area contributed by atoms with Crippen LogP contribution in [0.5, 0.6) is 0 Å². The van der Waals surface area contributed by atoms with Gasteiger partial charge < -0.3 is 10.6 Å². The zero-order chi connectivity index (χ0) is 14.5. The van der Waals surface area contributed by atoms with Gasteiger partial charge in [-0.15, -0.1) is 0 Å². The fourth-order valence-corrected chi connectivity index (χ4v) is 2.18. The van der Waals surface area contributed by atoms with E-state index in [1.165, 1.54) is 11.8 Å². The molecule has 5 nitrogen and oxygen atoms in total. The standard InChI is InChI=1S/C13H20N2O3S/c1-11(19(2,17)18)13(16)15(9-8-14)10-12-6-4-3-5-7-12/h3-7,11H,8-10,14H2,1-2H3. The van der Waals surface area contributed by atoms with Crippen molar-refractivity contribution in [2.75, 3.05) is 19.3 Å². The molecule has 0 aliphatic heterocycles. The summed E-state index contributed by atoms with van der Waals surface area (Å²) in [6, 6.07) is 9.42. The van der Waals surface area contributed by atoms with Crippen molar-refractivity contribution in [2.24, 2.45) is 5.73 Å². The maximum atomic E-state index is 12.2. The zero-order valence-electron chi connectivity index (χ0n) is 11.2. The summed E-state index contributed by atoms with van der Waals surface area (Å²) < 4.78 is 22.9. The molecule has 0 aliphatic carbocycles. The number of sulfone groups is 1. The Kier molecular flexibility index (Phi) is 5.50. The van der Waals surface area contributed by atoms with Crippen molar-refractivity contribution in [2.45, 2.75) is 18.7 Å². The number of hydrogen-bond donors (Lipinski definition) is 1. The van der Waals surface area contributed by atoms with Crippen LogP contribution in [0.25, 0.3) is 0 Å². The highest BCUT2D eigenvalue weighted by Gasteiger charge is 2.27. The first-order chi connectivity index (χ1) is 8.86. The maximum absolute atomic E-state index is 12.2. The Morgan fingerprint density at radius 3 is 2.37 bits per heavy atom. The van der Waals surface area contributed by atoms with E-state index in [-0.39, 0.29) is 0 Å². The van der Waals surface area contributed by atoms with Gasteiger partial charge >= 0.3 is 0 Å². The predicted molar refractivity (Wildman–Crippen MR) is 75.2 cm³/mol. The van der Waals surface area contributed by atoms with Gasteiger partial charge in [0.1, 0.15) is 5.25 Å². The number of nitrogens with zero attached hydrogens (tertiary/aromatic N) is 1. The van der Waals surface area contributed by atoms with Crippen LogP contribution in [-0.4, -0.2) is 43.8 Å². The monoisotopic (exact) mass is 284 g/mol. The first kappa shape index (κ1) is 15.7. The Morgan fingerprint density at radius 1 is 1.32 bits per heavy atom.